The zero-order valence-electron chi connectivity index (χ0n) is 16.4. The van der Waals surface area contributed by atoms with Crippen LogP contribution in [0.25, 0.3) is 22.0 Å². The molecule has 0 amide bonds. The molecule has 0 aliphatic rings. The summed E-state index contributed by atoms with van der Waals surface area (Å²) in [5.74, 6) is 0.831. The first kappa shape index (κ1) is 18.7. The molecule has 0 spiro atoms. The molecule has 0 atom stereocenters. The molecule has 0 unspecified atom stereocenters. The number of ether oxygens (including phenoxy) is 1. The van der Waals surface area contributed by atoms with Crippen molar-refractivity contribution in [3.05, 3.63) is 88.4 Å². The topological polar surface area (TPSA) is 72.0 Å². The minimum absolute atomic E-state index is 0.120. The Morgan fingerprint density at radius 3 is 2.62 bits per heavy atom. The summed E-state index contributed by atoms with van der Waals surface area (Å²) in [5.41, 5.74) is 5.73. The molecule has 4 rings (SSSR count). The molecule has 0 aliphatic heterocycles. The summed E-state index contributed by atoms with van der Waals surface area (Å²) in [6.45, 7) is 2.91. The number of pyridine rings is 1. The van der Waals surface area contributed by atoms with E-state index < -0.39 is 0 Å². The molecular weight excluding hydrogens is 366 g/mol. The second-order valence-corrected chi connectivity index (χ2v) is 6.99. The maximum Gasteiger partial charge on any atom is 0.269 e. The molecule has 0 radical (unpaired) electrons. The number of rotatable bonds is 6. The lowest BCUT2D eigenvalue weighted by molar-refractivity contribution is -0.701. The molecule has 1 N–H and O–H groups in total. The fraction of sp³-hybridized carbons (Fsp3) is 0.174. The van der Waals surface area contributed by atoms with E-state index in [1.165, 1.54) is 0 Å². The summed E-state index contributed by atoms with van der Waals surface area (Å²) in [6, 6.07) is 17.0. The minimum atomic E-state index is -0.373. The van der Waals surface area contributed by atoms with Crippen LogP contribution >= 0.6 is 0 Å². The smallest absolute Gasteiger partial charge is 0.269 e. The Balaban J connectivity index is 1.61. The lowest BCUT2D eigenvalue weighted by atomic mass is 10.0. The summed E-state index contributed by atoms with van der Waals surface area (Å²) < 4.78 is 7.60. The van der Waals surface area contributed by atoms with E-state index in [9.17, 15) is 10.1 Å². The first-order valence-electron chi connectivity index (χ1n) is 9.44. The number of nitrogens with one attached hydrogen (secondary N) is 1. The van der Waals surface area contributed by atoms with Crippen LogP contribution in [0.5, 0.6) is 5.75 Å². The number of hydrogen-bond donors (Lipinski definition) is 1. The van der Waals surface area contributed by atoms with E-state index in [0.29, 0.717) is 0 Å². The Labute approximate surface area is 168 Å². The van der Waals surface area contributed by atoms with Gasteiger partial charge in [-0.25, -0.2) is 4.57 Å². The Bertz CT molecular complexity index is 1180. The number of aryl methyl sites for hydroxylation is 2. The third-order valence-corrected chi connectivity index (χ3v) is 5.32. The SMILES string of the molecule is COc1ccc2[nH]cc(-c3ccc[n+](CCc4ccc([N+](=O)[O-])cc4)c3C)c2c1. The first-order chi connectivity index (χ1) is 14.1. The van der Waals surface area contributed by atoms with Crippen LogP contribution in [0.3, 0.4) is 0 Å². The average Bonchev–Trinajstić information content (AvgIpc) is 3.16. The molecule has 146 valence electrons. The van der Waals surface area contributed by atoms with Crippen LogP contribution in [-0.2, 0) is 13.0 Å². The van der Waals surface area contributed by atoms with Gasteiger partial charge in [-0.2, -0.15) is 0 Å². The molecule has 0 fully saturated rings. The first-order valence-corrected chi connectivity index (χ1v) is 9.44. The van der Waals surface area contributed by atoms with Crippen LogP contribution in [0.4, 0.5) is 5.69 Å². The molecule has 6 nitrogen and oxygen atoms in total. The number of nitro groups is 1. The molecular formula is C23H22N3O3+. The van der Waals surface area contributed by atoms with Crippen LogP contribution < -0.4 is 9.30 Å². The maximum absolute atomic E-state index is 10.8. The number of methoxy groups -OCH3 is 1. The van der Waals surface area contributed by atoms with E-state index in [1.54, 1.807) is 19.2 Å². The second-order valence-electron chi connectivity index (χ2n) is 6.99. The van der Waals surface area contributed by atoms with Crippen molar-refractivity contribution in [3.8, 4) is 16.9 Å². The van der Waals surface area contributed by atoms with Gasteiger partial charge >= 0.3 is 0 Å². The predicted octanol–water partition coefficient (Wildman–Crippen LogP) is 4.59. The molecule has 2 aromatic heterocycles. The van der Waals surface area contributed by atoms with Crippen molar-refractivity contribution < 1.29 is 14.2 Å². The van der Waals surface area contributed by atoms with Crippen LogP contribution in [0.15, 0.2) is 67.0 Å². The van der Waals surface area contributed by atoms with Gasteiger partial charge in [0.1, 0.15) is 5.75 Å². The summed E-state index contributed by atoms with van der Waals surface area (Å²) in [5, 5.41) is 11.9. The number of nitro benzene ring substituents is 1. The van der Waals surface area contributed by atoms with Gasteiger partial charge in [-0.3, -0.25) is 10.1 Å². The van der Waals surface area contributed by atoms with Crippen molar-refractivity contribution >= 4 is 16.6 Å². The number of non-ortho nitro benzene ring substituents is 1. The quantitative estimate of drug-likeness (QED) is 0.298. The second kappa shape index (κ2) is 7.75. The van der Waals surface area contributed by atoms with Gasteiger partial charge in [-0.1, -0.05) is 12.1 Å². The van der Waals surface area contributed by atoms with Crippen molar-refractivity contribution in [2.24, 2.45) is 0 Å². The summed E-state index contributed by atoms with van der Waals surface area (Å²) in [6.07, 6.45) is 4.90. The monoisotopic (exact) mass is 388 g/mol. The predicted molar refractivity (Wildman–Crippen MR) is 112 cm³/mol. The molecule has 4 aromatic rings. The molecule has 0 saturated heterocycles. The fourth-order valence-corrected chi connectivity index (χ4v) is 3.64. The molecule has 2 aromatic carbocycles. The van der Waals surface area contributed by atoms with Crippen LogP contribution in [0.1, 0.15) is 11.3 Å². The lowest BCUT2D eigenvalue weighted by Crippen LogP contribution is -2.38. The van der Waals surface area contributed by atoms with E-state index >= 15 is 0 Å². The summed E-state index contributed by atoms with van der Waals surface area (Å²) >= 11 is 0. The van der Waals surface area contributed by atoms with Gasteiger partial charge in [0.15, 0.2) is 18.4 Å². The van der Waals surface area contributed by atoms with E-state index in [-0.39, 0.29) is 10.6 Å². The number of H-pyrrole nitrogens is 1. The Morgan fingerprint density at radius 1 is 1.10 bits per heavy atom. The van der Waals surface area contributed by atoms with E-state index in [4.69, 9.17) is 4.74 Å². The summed E-state index contributed by atoms with van der Waals surface area (Å²) in [4.78, 5) is 13.8. The molecule has 0 aliphatic carbocycles. The number of hydrogen-bond acceptors (Lipinski definition) is 3. The zero-order chi connectivity index (χ0) is 20.4. The normalized spacial score (nSPS) is 11.0. The molecule has 0 bridgehead atoms. The number of benzene rings is 2. The maximum atomic E-state index is 10.8. The number of aromatic amines is 1. The fourth-order valence-electron chi connectivity index (χ4n) is 3.64. The van der Waals surface area contributed by atoms with Crippen molar-refractivity contribution in [2.75, 3.05) is 7.11 Å². The van der Waals surface area contributed by atoms with Gasteiger partial charge < -0.3 is 9.72 Å². The van der Waals surface area contributed by atoms with Crippen LogP contribution in [0, 0.1) is 17.0 Å². The van der Waals surface area contributed by atoms with Gasteiger partial charge in [0, 0.05) is 54.2 Å². The molecule has 0 saturated carbocycles. The van der Waals surface area contributed by atoms with Gasteiger partial charge in [0.05, 0.1) is 17.6 Å². The van der Waals surface area contributed by atoms with Crippen molar-refractivity contribution in [2.45, 2.75) is 19.9 Å². The van der Waals surface area contributed by atoms with Gasteiger partial charge in [-0.05, 0) is 29.8 Å². The summed E-state index contributed by atoms with van der Waals surface area (Å²) in [7, 11) is 1.67. The minimum Gasteiger partial charge on any atom is -0.497 e. The third-order valence-electron chi connectivity index (χ3n) is 5.32. The number of nitrogens with zero attached hydrogens (tertiary/aromatic N) is 2. The van der Waals surface area contributed by atoms with Gasteiger partial charge in [0.25, 0.3) is 5.69 Å². The lowest BCUT2D eigenvalue weighted by Gasteiger charge is -2.07. The van der Waals surface area contributed by atoms with Crippen molar-refractivity contribution in [1.29, 1.82) is 0 Å². The molecule has 2 heterocycles. The molecule has 6 heteroatoms. The highest BCUT2D eigenvalue weighted by atomic mass is 16.6. The zero-order valence-corrected chi connectivity index (χ0v) is 16.4. The highest BCUT2D eigenvalue weighted by Crippen LogP contribution is 2.32. The van der Waals surface area contributed by atoms with E-state index in [2.05, 4.69) is 40.9 Å². The van der Waals surface area contributed by atoms with Gasteiger partial charge in [-0.15, -0.1) is 0 Å². The Kier molecular flexibility index (Phi) is 4.99. The van der Waals surface area contributed by atoms with Crippen molar-refractivity contribution in [3.63, 3.8) is 0 Å². The number of aromatic nitrogens is 2. The standard InChI is InChI=1S/C23H22N3O3/c1-16-20(22-15-24-23-10-9-19(29-2)14-21(22)23)4-3-12-25(16)13-11-17-5-7-18(8-6-17)26(27)28/h3-10,12,14-15,24H,11,13H2,1-2H3/q+1. The Morgan fingerprint density at radius 2 is 1.90 bits per heavy atom. The number of fused-ring (bicyclic) bond motifs is 1. The van der Waals surface area contributed by atoms with Gasteiger partial charge in [0.2, 0.25) is 0 Å². The van der Waals surface area contributed by atoms with Crippen molar-refractivity contribution in [1.82, 2.24) is 4.98 Å². The van der Waals surface area contributed by atoms with E-state index in [1.807, 2.05) is 30.5 Å². The molecule has 29 heavy (non-hydrogen) atoms. The van der Waals surface area contributed by atoms with Crippen LogP contribution in [-0.4, -0.2) is 17.0 Å². The Hall–Kier alpha value is -3.67. The van der Waals surface area contributed by atoms with E-state index in [0.717, 1.165) is 52.0 Å². The highest BCUT2D eigenvalue weighted by molar-refractivity contribution is 5.96. The largest absolute Gasteiger partial charge is 0.497 e. The van der Waals surface area contributed by atoms with Crippen LogP contribution in [0.2, 0.25) is 0 Å². The third kappa shape index (κ3) is 3.69. The average molecular weight is 388 g/mol. The highest BCUT2D eigenvalue weighted by Gasteiger charge is 2.16.